The highest BCUT2D eigenvalue weighted by atomic mass is 16.6. The SMILES string of the molecule is C=CC(COCC(C=C)OCC)OCC. The highest BCUT2D eigenvalue weighted by Crippen LogP contribution is 1.98. The molecule has 0 N–H and O–H groups in total. The van der Waals surface area contributed by atoms with E-state index in [0.29, 0.717) is 26.4 Å². The lowest BCUT2D eigenvalue weighted by molar-refractivity contribution is -0.0260. The van der Waals surface area contributed by atoms with Gasteiger partial charge in [-0.1, -0.05) is 12.2 Å². The Morgan fingerprint density at radius 2 is 1.33 bits per heavy atom. The summed E-state index contributed by atoms with van der Waals surface area (Å²) in [7, 11) is 0. The highest BCUT2D eigenvalue weighted by molar-refractivity contribution is 4.82. The summed E-state index contributed by atoms with van der Waals surface area (Å²) >= 11 is 0. The van der Waals surface area contributed by atoms with Gasteiger partial charge in [0.05, 0.1) is 25.4 Å². The average molecular weight is 214 g/mol. The van der Waals surface area contributed by atoms with Gasteiger partial charge in [0.1, 0.15) is 0 Å². The van der Waals surface area contributed by atoms with Gasteiger partial charge in [-0.3, -0.25) is 0 Å². The third-order valence-electron chi connectivity index (χ3n) is 1.85. The fourth-order valence-corrected chi connectivity index (χ4v) is 1.10. The van der Waals surface area contributed by atoms with Crippen molar-refractivity contribution >= 4 is 0 Å². The van der Waals surface area contributed by atoms with Crippen molar-refractivity contribution in [1.82, 2.24) is 0 Å². The molecule has 0 rings (SSSR count). The van der Waals surface area contributed by atoms with Crippen molar-refractivity contribution < 1.29 is 14.2 Å². The topological polar surface area (TPSA) is 27.7 Å². The van der Waals surface area contributed by atoms with E-state index < -0.39 is 0 Å². The van der Waals surface area contributed by atoms with Gasteiger partial charge in [0.15, 0.2) is 0 Å². The first-order valence-corrected chi connectivity index (χ1v) is 5.34. The molecule has 88 valence electrons. The molecule has 0 aromatic rings. The maximum atomic E-state index is 5.45. The predicted octanol–water partition coefficient (Wildman–Crippen LogP) is 2.19. The van der Waals surface area contributed by atoms with E-state index in [1.807, 2.05) is 13.8 Å². The molecule has 0 fully saturated rings. The third kappa shape index (κ3) is 7.31. The zero-order chi connectivity index (χ0) is 11.5. The Morgan fingerprint density at radius 1 is 0.933 bits per heavy atom. The van der Waals surface area contributed by atoms with Crippen LogP contribution in [0.15, 0.2) is 25.3 Å². The number of ether oxygens (including phenoxy) is 3. The first-order valence-electron chi connectivity index (χ1n) is 5.34. The molecule has 2 unspecified atom stereocenters. The lowest BCUT2D eigenvalue weighted by Gasteiger charge is -2.16. The Kier molecular flexibility index (Phi) is 9.48. The third-order valence-corrected chi connectivity index (χ3v) is 1.85. The molecule has 0 radical (unpaired) electrons. The second kappa shape index (κ2) is 9.90. The van der Waals surface area contributed by atoms with Gasteiger partial charge in [-0.15, -0.1) is 13.2 Å². The first kappa shape index (κ1) is 14.4. The van der Waals surface area contributed by atoms with Crippen LogP contribution in [0.1, 0.15) is 13.8 Å². The minimum Gasteiger partial charge on any atom is -0.375 e. The van der Waals surface area contributed by atoms with Crippen molar-refractivity contribution in [3.05, 3.63) is 25.3 Å². The maximum Gasteiger partial charge on any atom is 0.0986 e. The second-order valence-corrected chi connectivity index (χ2v) is 3.00. The molecule has 3 heteroatoms. The molecular formula is C12H22O3. The second-order valence-electron chi connectivity index (χ2n) is 3.00. The summed E-state index contributed by atoms with van der Waals surface area (Å²) in [6.07, 6.45) is 3.41. The fourth-order valence-electron chi connectivity index (χ4n) is 1.10. The fraction of sp³-hybridized carbons (Fsp3) is 0.667. The van der Waals surface area contributed by atoms with Crippen LogP contribution in [0.3, 0.4) is 0 Å². The van der Waals surface area contributed by atoms with E-state index in [1.165, 1.54) is 0 Å². The van der Waals surface area contributed by atoms with Crippen molar-refractivity contribution in [2.45, 2.75) is 26.1 Å². The number of rotatable bonds is 10. The Balaban J connectivity index is 3.64. The molecule has 0 heterocycles. The van der Waals surface area contributed by atoms with Crippen LogP contribution in [-0.4, -0.2) is 38.6 Å². The largest absolute Gasteiger partial charge is 0.375 e. The summed E-state index contributed by atoms with van der Waals surface area (Å²) in [6, 6.07) is 0. The smallest absolute Gasteiger partial charge is 0.0986 e. The zero-order valence-corrected chi connectivity index (χ0v) is 9.78. The van der Waals surface area contributed by atoms with Crippen LogP contribution >= 0.6 is 0 Å². The molecule has 0 aliphatic carbocycles. The Bertz CT molecular complexity index is 150. The van der Waals surface area contributed by atoms with E-state index in [1.54, 1.807) is 12.2 Å². The van der Waals surface area contributed by atoms with E-state index in [-0.39, 0.29) is 12.2 Å². The standard InChI is InChI=1S/C12H22O3/c1-5-11(14-7-3)9-13-10-12(6-2)15-8-4/h5-6,11-12H,1-2,7-10H2,3-4H3. The van der Waals surface area contributed by atoms with Crippen LogP contribution in [0.2, 0.25) is 0 Å². The van der Waals surface area contributed by atoms with Crippen LogP contribution in [0.4, 0.5) is 0 Å². The molecule has 0 amide bonds. The van der Waals surface area contributed by atoms with Crippen LogP contribution in [0.5, 0.6) is 0 Å². The van der Waals surface area contributed by atoms with Gasteiger partial charge < -0.3 is 14.2 Å². The quantitative estimate of drug-likeness (QED) is 0.522. The molecule has 0 aromatic carbocycles. The Hall–Kier alpha value is -0.640. The monoisotopic (exact) mass is 214 g/mol. The van der Waals surface area contributed by atoms with E-state index in [4.69, 9.17) is 14.2 Å². The summed E-state index contributed by atoms with van der Waals surface area (Å²) in [5.74, 6) is 0. The molecule has 3 nitrogen and oxygen atoms in total. The van der Waals surface area contributed by atoms with Gasteiger partial charge in [0.25, 0.3) is 0 Å². The van der Waals surface area contributed by atoms with E-state index in [9.17, 15) is 0 Å². The van der Waals surface area contributed by atoms with Gasteiger partial charge in [0, 0.05) is 13.2 Å². The zero-order valence-electron chi connectivity index (χ0n) is 9.78. The molecule has 2 atom stereocenters. The van der Waals surface area contributed by atoms with Gasteiger partial charge in [0.2, 0.25) is 0 Å². The van der Waals surface area contributed by atoms with Crippen LogP contribution < -0.4 is 0 Å². The first-order chi connectivity index (χ1) is 7.28. The van der Waals surface area contributed by atoms with Crippen molar-refractivity contribution in [2.75, 3.05) is 26.4 Å². The minimum absolute atomic E-state index is 0.0397. The molecule has 0 aliphatic rings. The van der Waals surface area contributed by atoms with E-state index in [2.05, 4.69) is 13.2 Å². The Labute approximate surface area is 92.7 Å². The summed E-state index contributed by atoms with van der Waals surface area (Å²) in [6.45, 7) is 13.6. The van der Waals surface area contributed by atoms with Crippen LogP contribution in [0.25, 0.3) is 0 Å². The molecule has 0 saturated carbocycles. The summed E-state index contributed by atoms with van der Waals surface area (Å²) in [5, 5.41) is 0. The van der Waals surface area contributed by atoms with E-state index >= 15 is 0 Å². The summed E-state index contributed by atoms with van der Waals surface area (Å²) < 4.78 is 16.2. The maximum absolute atomic E-state index is 5.45. The normalized spacial score (nSPS) is 14.5. The molecule has 0 spiro atoms. The van der Waals surface area contributed by atoms with Gasteiger partial charge in [-0.25, -0.2) is 0 Å². The van der Waals surface area contributed by atoms with Crippen LogP contribution in [0, 0.1) is 0 Å². The minimum atomic E-state index is -0.0397. The summed E-state index contributed by atoms with van der Waals surface area (Å²) in [5.41, 5.74) is 0. The molecule has 0 bridgehead atoms. The Morgan fingerprint density at radius 3 is 1.60 bits per heavy atom. The van der Waals surface area contributed by atoms with Crippen molar-refractivity contribution in [3.63, 3.8) is 0 Å². The lowest BCUT2D eigenvalue weighted by Crippen LogP contribution is -2.23. The highest BCUT2D eigenvalue weighted by Gasteiger charge is 2.06. The molecule has 0 aromatic heterocycles. The molecule has 0 saturated heterocycles. The van der Waals surface area contributed by atoms with Crippen molar-refractivity contribution in [1.29, 1.82) is 0 Å². The number of hydrogen-bond donors (Lipinski definition) is 0. The number of hydrogen-bond acceptors (Lipinski definition) is 3. The molecule has 15 heavy (non-hydrogen) atoms. The van der Waals surface area contributed by atoms with Crippen molar-refractivity contribution in [3.8, 4) is 0 Å². The van der Waals surface area contributed by atoms with Gasteiger partial charge in [-0.2, -0.15) is 0 Å². The van der Waals surface area contributed by atoms with Gasteiger partial charge >= 0.3 is 0 Å². The lowest BCUT2D eigenvalue weighted by atomic mass is 10.3. The van der Waals surface area contributed by atoms with Gasteiger partial charge in [-0.05, 0) is 13.8 Å². The predicted molar refractivity (Wildman–Crippen MR) is 62.0 cm³/mol. The summed E-state index contributed by atoms with van der Waals surface area (Å²) in [4.78, 5) is 0. The molecule has 0 aliphatic heterocycles. The average Bonchev–Trinajstić information content (AvgIpc) is 2.26. The van der Waals surface area contributed by atoms with E-state index in [0.717, 1.165) is 0 Å². The van der Waals surface area contributed by atoms with Crippen LogP contribution in [-0.2, 0) is 14.2 Å². The molecular weight excluding hydrogens is 192 g/mol. The van der Waals surface area contributed by atoms with Crippen molar-refractivity contribution in [2.24, 2.45) is 0 Å².